The van der Waals surface area contributed by atoms with E-state index in [0.29, 0.717) is 11.1 Å². The van der Waals surface area contributed by atoms with Gasteiger partial charge in [-0.3, -0.25) is 0 Å². The molecule has 2 aromatic rings. The van der Waals surface area contributed by atoms with Gasteiger partial charge in [-0.05, 0) is 17.7 Å². The Hall–Kier alpha value is -1.81. The first kappa shape index (κ1) is 15.6. The fourth-order valence-corrected chi connectivity index (χ4v) is 2.54. The van der Waals surface area contributed by atoms with E-state index < -0.39 is 18.1 Å². The van der Waals surface area contributed by atoms with Crippen LogP contribution in [0.4, 0.5) is 13.2 Å². The first-order valence-corrected chi connectivity index (χ1v) is 6.94. The van der Waals surface area contributed by atoms with Crippen molar-refractivity contribution in [3.05, 3.63) is 71.8 Å². The molecule has 0 spiro atoms. The number of hydrogen-bond acceptors (Lipinski definition) is 1. The van der Waals surface area contributed by atoms with Crippen molar-refractivity contribution in [2.24, 2.45) is 0 Å². The highest BCUT2D eigenvalue weighted by Crippen LogP contribution is 2.36. The van der Waals surface area contributed by atoms with Gasteiger partial charge in [-0.2, -0.15) is 13.2 Å². The van der Waals surface area contributed by atoms with E-state index in [-0.39, 0.29) is 6.54 Å². The first-order chi connectivity index (χ1) is 10.0. The Morgan fingerprint density at radius 2 is 1.29 bits per heavy atom. The number of likely N-dealkylation sites (N-methyl/N-ethyl adjacent to an activating group) is 1. The number of rotatable bonds is 5. The molecule has 0 aliphatic carbocycles. The predicted octanol–water partition coefficient (Wildman–Crippen LogP) is 4.36. The normalized spacial score (nSPS) is 13.4. The summed E-state index contributed by atoms with van der Waals surface area (Å²) in [6.07, 6.45) is -4.31. The molecule has 2 rings (SSSR count). The summed E-state index contributed by atoms with van der Waals surface area (Å²) < 4.78 is 40.4. The molecule has 2 aromatic carbocycles. The van der Waals surface area contributed by atoms with Crippen LogP contribution in [0.3, 0.4) is 0 Å². The smallest absolute Gasteiger partial charge is 0.306 e. The molecule has 0 fully saturated rings. The predicted molar refractivity (Wildman–Crippen MR) is 78.2 cm³/mol. The van der Waals surface area contributed by atoms with Crippen LogP contribution in [0.5, 0.6) is 0 Å². The quantitative estimate of drug-likeness (QED) is 0.863. The van der Waals surface area contributed by atoms with E-state index in [1.807, 2.05) is 0 Å². The Balaban J connectivity index is 2.50. The summed E-state index contributed by atoms with van der Waals surface area (Å²) in [6, 6.07) is 16.1. The molecule has 0 aliphatic rings. The molecule has 1 nitrogen and oxygen atoms in total. The second kappa shape index (κ2) is 6.76. The zero-order valence-corrected chi connectivity index (χ0v) is 11.8. The summed E-state index contributed by atoms with van der Waals surface area (Å²) >= 11 is 0. The Morgan fingerprint density at radius 3 is 1.62 bits per heavy atom. The van der Waals surface area contributed by atoms with Crippen LogP contribution >= 0.6 is 0 Å². The Labute approximate surface area is 122 Å². The van der Waals surface area contributed by atoms with Crippen molar-refractivity contribution in [3.8, 4) is 0 Å². The molecular formula is C17H18F3N. The van der Waals surface area contributed by atoms with Gasteiger partial charge in [0.2, 0.25) is 0 Å². The maximum atomic E-state index is 13.5. The van der Waals surface area contributed by atoms with E-state index in [9.17, 15) is 13.2 Å². The Morgan fingerprint density at radius 1 is 0.857 bits per heavy atom. The molecule has 0 saturated heterocycles. The van der Waals surface area contributed by atoms with Gasteiger partial charge in [-0.15, -0.1) is 0 Å². The lowest BCUT2D eigenvalue weighted by molar-refractivity contribution is -0.158. The lowest BCUT2D eigenvalue weighted by atomic mass is 9.84. The Bertz CT molecular complexity index is 497. The first-order valence-electron chi connectivity index (χ1n) is 6.94. The van der Waals surface area contributed by atoms with E-state index >= 15 is 0 Å². The number of nitrogens with one attached hydrogen (secondary N) is 1. The highest BCUT2D eigenvalue weighted by Gasteiger charge is 2.45. The maximum absolute atomic E-state index is 13.5. The average molecular weight is 293 g/mol. The zero-order valence-electron chi connectivity index (χ0n) is 11.8. The SMILES string of the molecule is CCNC(C(c1ccccc1)c1ccccc1)C(F)(F)F. The largest absolute Gasteiger partial charge is 0.404 e. The van der Waals surface area contributed by atoms with Crippen LogP contribution in [0, 0.1) is 0 Å². The minimum absolute atomic E-state index is 0.264. The van der Waals surface area contributed by atoms with E-state index in [1.165, 1.54) is 0 Å². The van der Waals surface area contributed by atoms with Gasteiger partial charge >= 0.3 is 6.18 Å². The highest BCUT2D eigenvalue weighted by molar-refractivity contribution is 5.35. The van der Waals surface area contributed by atoms with Crippen LogP contribution in [0.1, 0.15) is 24.0 Å². The van der Waals surface area contributed by atoms with Gasteiger partial charge in [-0.25, -0.2) is 0 Å². The molecule has 1 unspecified atom stereocenters. The lowest BCUT2D eigenvalue weighted by Gasteiger charge is -2.30. The van der Waals surface area contributed by atoms with Crippen molar-refractivity contribution in [1.29, 1.82) is 0 Å². The second-order valence-corrected chi connectivity index (χ2v) is 4.88. The zero-order chi connectivity index (χ0) is 15.3. The van der Waals surface area contributed by atoms with Crippen LogP contribution in [0.2, 0.25) is 0 Å². The maximum Gasteiger partial charge on any atom is 0.404 e. The lowest BCUT2D eigenvalue weighted by Crippen LogP contribution is -2.46. The molecule has 4 heteroatoms. The van der Waals surface area contributed by atoms with E-state index in [2.05, 4.69) is 5.32 Å². The van der Waals surface area contributed by atoms with Crippen molar-refractivity contribution in [3.63, 3.8) is 0 Å². The summed E-state index contributed by atoms with van der Waals surface area (Å²) in [5.41, 5.74) is 1.32. The number of benzene rings is 2. The van der Waals surface area contributed by atoms with E-state index in [1.54, 1.807) is 67.6 Å². The highest BCUT2D eigenvalue weighted by atomic mass is 19.4. The third kappa shape index (κ3) is 3.85. The molecule has 1 atom stereocenters. The minimum Gasteiger partial charge on any atom is -0.306 e. The molecule has 0 aromatic heterocycles. The van der Waals surface area contributed by atoms with Crippen molar-refractivity contribution in [2.45, 2.75) is 25.1 Å². The molecule has 0 radical (unpaired) electrons. The summed E-state index contributed by atoms with van der Waals surface area (Å²) in [4.78, 5) is 0. The molecule has 0 bridgehead atoms. The molecule has 21 heavy (non-hydrogen) atoms. The van der Waals surface area contributed by atoms with E-state index in [0.717, 1.165) is 0 Å². The van der Waals surface area contributed by atoms with Crippen LogP contribution in [-0.4, -0.2) is 18.8 Å². The van der Waals surface area contributed by atoms with Crippen LogP contribution in [0.25, 0.3) is 0 Å². The van der Waals surface area contributed by atoms with Gasteiger partial charge in [0, 0.05) is 5.92 Å². The fraction of sp³-hybridized carbons (Fsp3) is 0.294. The molecular weight excluding hydrogens is 275 g/mol. The topological polar surface area (TPSA) is 12.0 Å². The average Bonchev–Trinajstić information content (AvgIpc) is 2.48. The van der Waals surface area contributed by atoms with Gasteiger partial charge in [0.1, 0.15) is 6.04 Å². The van der Waals surface area contributed by atoms with E-state index in [4.69, 9.17) is 0 Å². The molecule has 0 heterocycles. The number of hydrogen-bond donors (Lipinski definition) is 1. The van der Waals surface area contributed by atoms with Crippen LogP contribution in [0.15, 0.2) is 60.7 Å². The third-order valence-electron chi connectivity index (χ3n) is 3.43. The van der Waals surface area contributed by atoms with Gasteiger partial charge in [0.25, 0.3) is 0 Å². The summed E-state index contributed by atoms with van der Waals surface area (Å²) in [5.74, 6) is -0.757. The van der Waals surface area contributed by atoms with Gasteiger partial charge < -0.3 is 5.32 Å². The van der Waals surface area contributed by atoms with Crippen molar-refractivity contribution < 1.29 is 13.2 Å². The minimum atomic E-state index is -4.31. The monoisotopic (exact) mass is 293 g/mol. The second-order valence-electron chi connectivity index (χ2n) is 4.88. The molecule has 0 amide bonds. The number of halogens is 3. The Kier molecular flexibility index (Phi) is 5.02. The molecule has 0 saturated carbocycles. The number of alkyl halides is 3. The van der Waals surface area contributed by atoms with Crippen molar-refractivity contribution in [2.75, 3.05) is 6.54 Å². The summed E-state index contributed by atoms with van der Waals surface area (Å²) in [6.45, 7) is 1.95. The molecule has 112 valence electrons. The van der Waals surface area contributed by atoms with Gasteiger partial charge in [0.05, 0.1) is 0 Å². The van der Waals surface area contributed by atoms with Crippen LogP contribution in [-0.2, 0) is 0 Å². The standard InChI is InChI=1S/C17H18F3N/c1-2-21-16(17(18,19)20)15(13-9-5-3-6-10-13)14-11-7-4-8-12-14/h3-12,15-16,21H,2H2,1H3. The van der Waals surface area contributed by atoms with Gasteiger partial charge in [-0.1, -0.05) is 67.6 Å². The summed E-state index contributed by atoms with van der Waals surface area (Å²) in [7, 11) is 0. The molecule has 0 aliphatic heterocycles. The molecule has 1 N–H and O–H groups in total. The van der Waals surface area contributed by atoms with Gasteiger partial charge in [0.15, 0.2) is 0 Å². The van der Waals surface area contributed by atoms with Crippen molar-refractivity contribution >= 4 is 0 Å². The van der Waals surface area contributed by atoms with Crippen molar-refractivity contribution in [1.82, 2.24) is 5.32 Å². The third-order valence-corrected chi connectivity index (χ3v) is 3.43. The van der Waals surface area contributed by atoms with Crippen LogP contribution < -0.4 is 5.32 Å². The summed E-state index contributed by atoms with van der Waals surface area (Å²) in [5, 5.41) is 2.59. The fourth-order valence-electron chi connectivity index (χ4n) is 2.54.